The molecule has 50 heavy (non-hydrogen) atoms. The van der Waals surface area contributed by atoms with Crippen molar-refractivity contribution in [3.05, 3.63) is 72.1 Å². The topological polar surface area (TPSA) is 165 Å². The number of benzene rings is 2. The van der Waals surface area contributed by atoms with E-state index in [2.05, 4.69) is 27.4 Å². The number of aliphatic carboxylic acids is 2. The number of ether oxygens (including phenoxy) is 1. The van der Waals surface area contributed by atoms with E-state index < -0.39 is 36.2 Å². The quantitative estimate of drug-likeness (QED) is 0.170. The number of nitrogens with zero attached hydrogens (tertiary/aromatic N) is 3. The van der Waals surface area contributed by atoms with Gasteiger partial charge in [0.2, 0.25) is 5.91 Å². The fourth-order valence-corrected chi connectivity index (χ4v) is 3.79. The third kappa shape index (κ3) is 16.0. The van der Waals surface area contributed by atoms with E-state index >= 15 is 0 Å². The van der Waals surface area contributed by atoms with Crippen LogP contribution in [0.25, 0.3) is 11.1 Å². The van der Waals surface area contributed by atoms with Crippen molar-refractivity contribution in [3.8, 4) is 28.7 Å². The molecule has 2 aromatic carbocycles. The molecule has 0 aliphatic carbocycles. The molecule has 0 fully saturated rings. The molecule has 0 saturated heterocycles. The summed E-state index contributed by atoms with van der Waals surface area (Å²) >= 11 is 0. The van der Waals surface area contributed by atoms with E-state index in [1.165, 1.54) is 0 Å². The predicted octanol–water partition coefficient (Wildman–Crippen LogP) is 3.99. The normalized spacial score (nSPS) is 11.3. The molecular formula is C32H35F6N5O7. The van der Waals surface area contributed by atoms with Gasteiger partial charge in [-0.3, -0.25) is 14.7 Å². The average molecular weight is 716 g/mol. The predicted molar refractivity (Wildman–Crippen MR) is 167 cm³/mol. The Labute approximate surface area is 283 Å². The monoisotopic (exact) mass is 715 g/mol. The Kier molecular flexibility index (Phi) is 17.0. The Bertz CT molecular complexity index is 1580. The Morgan fingerprint density at radius 1 is 0.920 bits per heavy atom. The summed E-state index contributed by atoms with van der Waals surface area (Å²) in [6, 6.07) is 14.8. The second-order valence-electron chi connectivity index (χ2n) is 10.3. The van der Waals surface area contributed by atoms with Crippen molar-refractivity contribution in [1.29, 1.82) is 0 Å². The minimum Gasteiger partial charge on any atom is -0.497 e. The number of amides is 2. The van der Waals surface area contributed by atoms with Gasteiger partial charge in [0, 0.05) is 37.8 Å². The summed E-state index contributed by atoms with van der Waals surface area (Å²) in [5, 5.41) is 23.9. The molecule has 0 unspecified atom stereocenters. The minimum absolute atomic E-state index is 0.162. The maximum Gasteiger partial charge on any atom is 0.490 e. The van der Waals surface area contributed by atoms with E-state index in [0.717, 1.165) is 28.0 Å². The van der Waals surface area contributed by atoms with Gasteiger partial charge in [-0.15, -0.1) is 0 Å². The summed E-state index contributed by atoms with van der Waals surface area (Å²) < 4.78 is 68.8. The fourth-order valence-electron chi connectivity index (χ4n) is 3.79. The number of carbonyl (C=O) groups excluding carboxylic acids is 2. The fraction of sp³-hybridized carbons (Fsp3) is 0.344. The van der Waals surface area contributed by atoms with E-state index in [1.54, 1.807) is 25.1 Å². The zero-order chi connectivity index (χ0) is 38.1. The highest BCUT2D eigenvalue weighted by Crippen LogP contribution is 2.20. The van der Waals surface area contributed by atoms with Gasteiger partial charge in [0.25, 0.3) is 5.91 Å². The lowest BCUT2D eigenvalue weighted by Gasteiger charge is -2.29. The number of hydrogen-bond donors (Lipinski definition) is 4. The molecule has 1 aromatic heterocycles. The zero-order valence-electron chi connectivity index (χ0n) is 27.2. The molecule has 0 bridgehead atoms. The van der Waals surface area contributed by atoms with Crippen molar-refractivity contribution in [2.24, 2.45) is 0 Å². The lowest BCUT2D eigenvalue weighted by Crippen LogP contribution is -2.50. The molecule has 3 aromatic rings. The third-order valence-corrected chi connectivity index (χ3v) is 6.19. The third-order valence-electron chi connectivity index (χ3n) is 6.19. The zero-order valence-corrected chi connectivity index (χ0v) is 27.2. The second kappa shape index (κ2) is 20.1. The lowest BCUT2D eigenvalue weighted by molar-refractivity contribution is -0.193. The molecule has 0 radical (unpaired) electrons. The van der Waals surface area contributed by atoms with Crippen LogP contribution in [0.1, 0.15) is 18.1 Å². The highest BCUT2D eigenvalue weighted by Gasteiger charge is 2.39. The van der Waals surface area contributed by atoms with E-state index in [-0.39, 0.29) is 5.91 Å². The number of H-pyrrole nitrogens is 1. The Morgan fingerprint density at radius 2 is 1.50 bits per heavy atom. The SMILES string of the molecule is CC#CC(=O)N[C@H](Cc1ccc(-c2cn[nH]c2)cc1)C(=O)N(CCN(C)C)Cc1cccc(OC)c1.O=C(O)C(F)(F)F.O=C(O)C(F)(F)F. The van der Waals surface area contributed by atoms with Crippen molar-refractivity contribution in [2.45, 2.75) is 38.3 Å². The Balaban J connectivity index is 0.000000748. The molecular weight excluding hydrogens is 680 g/mol. The van der Waals surface area contributed by atoms with Crippen LogP contribution < -0.4 is 10.1 Å². The molecule has 0 aliphatic heterocycles. The van der Waals surface area contributed by atoms with Gasteiger partial charge in [0.15, 0.2) is 0 Å². The minimum atomic E-state index is -5.08. The highest BCUT2D eigenvalue weighted by atomic mass is 19.4. The number of aromatic nitrogens is 2. The number of alkyl halides is 6. The van der Waals surface area contributed by atoms with Gasteiger partial charge in [-0.2, -0.15) is 31.4 Å². The van der Waals surface area contributed by atoms with E-state index in [4.69, 9.17) is 24.5 Å². The van der Waals surface area contributed by atoms with Crippen LogP contribution in [0.4, 0.5) is 26.3 Å². The van der Waals surface area contributed by atoms with E-state index in [9.17, 15) is 35.9 Å². The summed E-state index contributed by atoms with van der Waals surface area (Å²) in [7, 11) is 5.55. The Hall–Kier alpha value is -5.57. The average Bonchev–Trinajstić information content (AvgIpc) is 3.58. The smallest absolute Gasteiger partial charge is 0.490 e. The summed E-state index contributed by atoms with van der Waals surface area (Å²) in [5.74, 6) is -0.322. The van der Waals surface area contributed by atoms with Crippen LogP contribution in [0, 0.1) is 11.8 Å². The van der Waals surface area contributed by atoms with Crippen molar-refractivity contribution < 1.29 is 60.5 Å². The molecule has 272 valence electrons. The first kappa shape index (κ1) is 42.5. The number of methoxy groups -OCH3 is 1. The van der Waals surface area contributed by atoms with Gasteiger partial charge >= 0.3 is 24.3 Å². The second-order valence-corrected chi connectivity index (χ2v) is 10.3. The number of hydrogen-bond acceptors (Lipinski definition) is 7. The van der Waals surface area contributed by atoms with Gasteiger partial charge in [-0.25, -0.2) is 9.59 Å². The standard InChI is InChI=1S/C28H33N5O3.2C2HF3O2/c1-5-7-27(34)31-26(17-21-10-12-23(13-11-21)24-18-29-30-19-24)28(35)33(15-14-32(2)3)20-22-8-6-9-25(16-22)36-4;2*3-2(4,5)1(6)7/h6,8-13,16,18-19,26H,14-15,17,20H2,1-4H3,(H,29,30)(H,31,34);2*(H,6,7)/t26-;;/m1../s1. The largest absolute Gasteiger partial charge is 0.497 e. The lowest BCUT2D eigenvalue weighted by atomic mass is 10.0. The number of rotatable bonds is 11. The van der Waals surface area contributed by atoms with Gasteiger partial charge in [-0.1, -0.05) is 42.3 Å². The number of likely N-dealkylation sites (N-methyl/N-ethyl adjacent to an activating group) is 1. The first-order valence-electron chi connectivity index (χ1n) is 14.3. The maximum absolute atomic E-state index is 13.8. The van der Waals surface area contributed by atoms with Crippen LogP contribution in [0.5, 0.6) is 5.75 Å². The molecule has 2 amide bonds. The molecule has 3 rings (SSSR count). The molecule has 0 aliphatic rings. The van der Waals surface area contributed by atoms with Crippen LogP contribution in [-0.4, -0.2) is 107 Å². The highest BCUT2D eigenvalue weighted by molar-refractivity contribution is 5.97. The molecule has 0 spiro atoms. The molecule has 0 saturated carbocycles. The molecule has 4 N–H and O–H groups in total. The van der Waals surface area contributed by atoms with Gasteiger partial charge in [-0.05, 0) is 55.8 Å². The number of carboxylic acids is 2. The van der Waals surface area contributed by atoms with Crippen molar-refractivity contribution in [3.63, 3.8) is 0 Å². The van der Waals surface area contributed by atoms with Crippen LogP contribution in [-0.2, 0) is 32.1 Å². The van der Waals surface area contributed by atoms with Crippen molar-refractivity contribution >= 4 is 23.8 Å². The number of carbonyl (C=O) groups is 4. The summed E-state index contributed by atoms with van der Waals surface area (Å²) in [6.07, 6.45) is -6.24. The number of carboxylic acid groups (broad SMARTS) is 2. The van der Waals surface area contributed by atoms with Crippen molar-refractivity contribution in [1.82, 2.24) is 25.3 Å². The molecule has 12 nitrogen and oxygen atoms in total. The Morgan fingerprint density at radius 3 is 1.96 bits per heavy atom. The molecule has 1 heterocycles. The number of aromatic amines is 1. The van der Waals surface area contributed by atoms with E-state index in [0.29, 0.717) is 26.1 Å². The first-order valence-corrected chi connectivity index (χ1v) is 14.3. The van der Waals surface area contributed by atoms with Gasteiger partial charge in [0.05, 0.1) is 13.3 Å². The van der Waals surface area contributed by atoms with Gasteiger partial charge in [0.1, 0.15) is 11.8 Å². The summed E-state index contributed by atoms with van der Waals surface area (Å²) in [4.78, 5) is 47.8. The maximum atomic E-state index is 13.8. The summed E-state index contributed by atoms with van der Waals surface area (Å²) in [5.41, 5.74) is 3.87. The van der Waals surface area contributed by atoms with Crippen LogP contribution in [0.3, 0.4) is 0 Å². The van der Waals surface area contributed by atoms with Crippen LogP contribution in [0.15, 0.2) is 60.9 Å². The molecule has 1 atom stereocenters. The van der Waals surface area contributed by atoms with Crippen molar-refractivity contribution in [2.75, 3.05) is 34.3 Å². The first-order chi connectivity index (χ1) is 23.3. The molecule has 18 heteroatoms. The van der Waals surface area contributed by atoms with Crippen LogP contribution in [0.2, 0.25) is 0 Å². The summed E-state index contributed by atoms with van der Waals surface area (Å²) in [6.45, 7) is 3.19. The number of halogens is 6. The van der Waals surface area contributed by atoms with Crippen LogP contribution >= 0.6 is 0 Å². The van der Waals surface area contributed by atoms with Gasteiger partial charge < -0.3 is 30.1 Å². The van der Waals surface area contributed by atoms with E-state index in [1.807, 2.05) is 73.7 Å². The number of nitrogens with one attached hydrogen (secondary N) is 2.